The van der Waals surface area contributed by atoms with Crippen molar-refractivity contribution in [2.24, 2.45) is 17.8 Å². The molecule has 0 aromatic carbocycles. The van der Waals surface area contributed by atoms with Gasteiger partial charge in [-0.15, -0.1) is 10.2 Å². The summed E-state index contributed by atoms with van der Waals surface area (Å²) < 4.78 is 6.01. The van der Waals surface area contributed by atoms with Gasteiger partial charge in [-0.05, 0) is 56.3 Å². The summed E-state index contributed by atoms with van der Waals surface area (Å²) in [6.45, 7) is 4.24. The lowest BCUT2D eigenvalue weighted by atomic mass is 9.49. The van der Waals surface area contributed by atoms with Crippen molar-refractivity contribution in [2.75, 3.05) is 0 Å². The highest BCUT2D eigenvalue weighted by Gasteiger charge is 2.54. The SMILES string of the molecule is CC(C)c1nnc(C23CC4CC(CC(C4)C2)C3)o1. The minimum absolute atomic E-state index is 0.259. The average Bonchev–Trinajstić information content (AvgIpc) is 2.76. The molecule has 4 aliphatic carbocycles. The third-order valence-corrected chi connectivity index (χ3v) is 5.43. The lowest BCUT2D eigenvalue weighted by Gasteiger charge is -2.55. The van der Waals surface area contributed by atoms with Gasteiger partial charge in [-0.25, -0.2) is 0 Å². The van der Waals surface area contributed by atoms with Crippen LogP contribution in [0.25, 0.3) is 0 Å². The van der Waals surface area contributed by atoms with Gasteiger partial charge in [0.2, 0.25) is 11.8 Å². The molecule has 1 aromatic heterocycles. The molecule has 3 heteroatoms. The molecular formula is C15H22N2O. The fourth-order valence-corrected chi connectivity index (χ4v) is 5.05. The lowest BCUT2D eigenvalue weighted by molar-refractivity contribution is -0.0183. The Kier molecular flexibility index (Phi) is 2.19. The molecule has 3 nitrogen and oxygen atoms in total. The standard InChI is InChI=1S/C15H22N2O/c1-9(2)13-16-17-14(18-13)15-6-10-3-11(7-15)5-12(4-10)8-15/h9-12H,3-8H2,1-2H3. The van der Waals surface area contributed by atoms with Gasteiger partial charge in [-0.2, -0.15) is 0 Å². The molecule has 4 fully saturated rings. The van der Waals surface area contributed by atoms with Crippen molar-refractivity contribution in [3.63, 3.8) is 0 Å². The molecule has 0 amide bonds. The van der Waals surface area contributed by atoms with Crippen LogP contribution in [-0.4, -0.2) is 10.2 Å². The first-order chi connectivity index (χ1) is 8.64. The topological polar surface area (TPSA) is 38.9 Å². The Morgan fingerprint density at radius 2 is 1.56 bits per heavy atom. The van der Waals surface area contributed by atoms with Crippen molar-refractivity contribution in [1.29, 1.82) is 0 Å². The maximum Gasteiger partial charge on any atom is 0.222 e. The Labute approximate surface area is 108 Å². The van der Waals surface area contributed by atoms with Crippen LogP contribution in [0, 0.1) is 17.8 Å². The van der Waals surface area contributed by atoms with Gasteiger partial charge in [-0.1, -0.05) is 13.8 Å². The van der Waals surface area contributed by atoms with Gasteiger partial charge >= 0.3 is 0 Å². The molecule has 0 unspecified atom stereocenters. The quantitative estimate of drug-likeness (QED) is 0.799. The third kappa shape index (κ3) is 1.49. The number of rotatable bonds is 2. The zero-order valence-electron chi connectivity index (χ0n) is 11.4. The van der Waals surface area contributed by atoms with E-state index < -0.39 is 0 Å². The van der Waals surface area contributed by atoms with Gasteiger partial charge in [0.05, 0.1) is 0 Å². The summed E-state index contributed by atoms with van der Waals surface area (Å²) >= 11 is 0. The van der Waals surface area contributed by atoms with Crippen LogP contribution in [0.15, 0.2) is 4.42 Å². The summed E-state index contributed by atoms with van der Waals surface area (Å²) in [6.07, 6.45) is 8.30. The van der Waals surface area contributed by atoms with E-state index in [0.717, 1.165) is 29.5 Å². The van der Waals surface area contributed by atoms with E-state index in [0.29, 0.717) is 5.92 Å². The second-order valence-electron chi connectivity index (χ2n) is 7.30. The summed E-state index contributed by atoms with van der Waals surface area (Å²) in [5, 5.41) is 8.67. The van der Waals surface area contributed by atoms with Gasteiger partial charge in [0.1, 0.15) is 0 Å². The normalized spacial score (nSPS) is 41.8. The number of hydrogen-bond donors (Lipinski definition) is 0. The molecule has 0 N–H and O–H groups in total. The highest BCUT2D eigenvalue weighted by molar-refractivity contribution is 5.15. The first-order valence-corrected chi connectivity index (χ1v) is 7.48. The lowest BCUT2D eigenvalue weighted by Crippen LogP contribution is -2.48. The predicted octanol–water partition coefficient (Wildman–Crippen LogP) is 3.66. The van der Waals surface area contributed by atoms with E-state index in [9.17, 15) is 0 Å². The Morgan fingerprint density at radius 3 is 2.00 bits per heavy atom. The van der Waals surface area contributed by atoms with Gasteiger partial charge in [-0.3, -0.25) is 0 Å². The van der Waals surface area contributed by atoms with Gasteiger partial charge in [0.15, 0.2) is 0 Å². The molecule has 0 spiro atoms. The molecule has 1 aromatic rings. The Hall–Kier alpha value is -0.860. The summed E-state index contributed by atoms with van der Waals surface area (Å²) in [5.41, 5.74) is 0.259. The van der Waals surface area contributed by atoms with Crippen LogP contribution in [0.4, 0.5) is 0 Å². The number of hydrogen-bond acceptors (Lipinski definition) is 3. The minimum Gasteiger partial charge on any atom is -0.424 e. The zero-order chi connectivity index (χ0) is 12.3. The molecule has 98 valence electrons. The van der Waals surface area contributed by atoms with E-state index in [1.54, 1.807) is 0 Å². The molecular weight excluding hydrogens is 224 g/mol. The molecule has 0 atom stereocenters. The van der Waals surface area contributed by atoms with Gasteiger partial charge in [0.25, 0.3) is 0 Å². The minimum atomic E-state index is 0.259. The molecule has 1 heterocycles. The highest BCUT2D eigenvalue weighted by atomic mass is 16.4. The van der Waals surface area contributed by atoms with Gasteiger partial charge in [0, 0.05) is 11.3 Å². The monoisotopic (exact) mass is 246 g/mol. The summed E-state index contributed by atoms with van der Waals surface area (Å²) in [4.78, 5) is 0. The number of nitrogens with zero attached hydrogens (tertiary/aromatic N) is 2. The molecule has 5 rings (SSSR count). The van der Waals surface area contributed by atoms with Crippen molar-refractivity contribution >= 4 is 0 Å². The molecule has 0 aliphatic heterocycles. The fraction of sp³-hybridized carbons (Fsp3) is 0.867. The van der Waals surface area contributed by atoms with E-state index in [1.165, 1.54) is 38.5 Å². The van der Waals surface area contributed by atoms with Crippen LogP contribution in [0.2, 0.25) is 0 Å². The molecule has 4 saturated carbocycles. The van der Waals surface area contributed by atoms with E-state index in [-0.39, 0.29) is 5.41 Å². The van der Waals surface area contributed by atoms with E-state index in [1.807, 2.05) is 0 Å². The molecule has 0 saturated heterocycles. The van der Waals surface area contributed by atoms with Gasteiger partial charge < -0.3 is 4.42 Å². The highest BCUT2D eigenvalue weighted by Crippen LogP contribution is 2.60. The Balaban J connectivity index is 1.70. The third-order valence-electron chi connectivity index (χ3n) is 5.43. The molecule has 4 aliphatic rings. The number of aromatic nitrogens is 2. The first-order valence-electron chi connectivity index (χ1n) is 7.48. The maximum atomic E-state index is 6.01. The van der Waals surface area contributed by atoms with Crippen molar-refractivity contribution in [3.05, 3.63) is 11.8 Å². The molecule has 0 radical (unpaired) electrons. The van der Waals surface area contributed by atoms with E-state index in [4.69, 9.17) is 4.42 Å². The van der Waals surface area contributed by atoms with Crippen LogP contribution >= 0.6 is 0 Å². The van der Waals surface area contributed by atoms with Crippen molar-refractivity contribution < 1.29 is 4.42 Å². The fourth-order valence-electron chi connectivity index (χ4n) is 5.05. The average molecular weight is 246 g/mol. The Morgan fingerprint density at radius 1 is 1.00 bits per heavy atom. The van der Waals surface area contributed by atoms with Crippen LogP contribution in [0.1, 0.15) is 70.1 Å². The van der Waals surface area contributed by atoms with E-state index >= 15 is 0 Å². The summed E-state index contributed by atoms with van der Waals surface area (Å²) in [7, 11) is 0. The summed E-state index contributed by atoms with van der Waals surface area (Å²) in [6, 6.07) is 0. The first kappa shape index (κ1) is 11.0. The summed E-state index contributed by atoms with van der Waals surface area (Å²) in [5.74, 6) is 4.94. The van der Waals surface area contributed by atoms with Crippen molar-refractivity contribution in [2.45, 2.75) is 63.7 Å². The van der Waals surface area contributed by atoms with Crippen LogP contribution in [0.3, 0.4) is 0 Å². The van der Waals surface area contributed by atoms with Crippen molar-refractivity contribution in [3.8, 4) is 0 Å². The zero-order valence-corrected chi connectivity index (χ0v) is 11.4. The van der Waals surface area contributed by atoms with Crippen LogP contribution in [-0.2, 0) is 5.41 Å². The molecule has 18 heavy (non-hydrogen) atoms. The van der Waals surface area contributed by atoms with E-state index in [2.05, 4.69) is 24.0 Å². The Bertz CT molecular complexity index is 428. The molecule has 4 bridgehead atoms. The predicted molar refractivity (Wildman–Crippen MR) is 68.2 cm³/mol. The maximum absolute atomic E-state index is 6.01. The van der Waals surface area contributed by atoms with Crippen LogP contribution in [0.5, 0.6) is 0 Å². The van der Waals surface area contributed by atoms with Crippen LogP contribution < -0.4 is 0 Å². The second kappa shape index (κ2) is 3.58. The second-order valence-corrected chi connectivity index (χ2v) is 7.30. The van der Waals surface area contributed by atoms with Crippen molar-refractivity contribution in [1.82, 2.24) is 10.2 Å². The largest absolute Gasteiger partial charge is 0.424 e. The smallest absolute Gasteiger partial charge is 0.222 e.